The number of carbonyl (C=O) groups is 1. The van der Waals surface area contributed by atoms with Crippen LogP contribution in [0.2, 0.25) is 10.0 Å². The molecule has 156 valence electrons. The minimum absolute atomic E-state index is 0.0283. The highest BCUT2D eigenvalue weighted by Gasteiger charge is 2.39. The Labute approximate surface area is 190 Å². The van der Waals surface area contributed by atoms with Crippen molar-refractivity contribution in [1.29, 1.82) is 0 Å². The Kier molecular flexibility index (Phi) is 7.32. The maximum absolute atomic E-state index is 13.0. The average Bonchev–Trinajstić information content (AvgIpc) is 2.79. The Balaban J connectivity index is 1.84. The second-order valence-corrected chi connectivity index (χ2v) is 7.26. The standard InChI is InChI=1S/C24H18Cl2N2O3/c1-2-13-31-22-20(25)14-17(15-21(22)26)16-27-28-23(29)24(30,18-9-5-3-6-10-18)19-11-7-4-8-12-19/h1,3-12,14-16,30H,13H2,(H,28,29)/b27-16+. The first-order valence-corrected chi connectivity index (χ1v) is 9.94. The van der Waals surface area contributed by atoms with Crippen LogP contribution in [0, 0.1) is 12.3 Å². The van der Waals surface area contributed by atoms with Crippen molar-refractivity contribution >= 4 is 35.3 Å². The summed E-state index contributed by atoms with van der Waals surface area (Å²) in [5, 5.41) is 15.8. The number of aliphatic hydroxyl groups is 1. The average molecular weight is 453 g/mol. The fraction of sp³-hybridized carbons (Fsp3) is 0.0833. The molecule has 0 aliphatic rings. The monoisotopic (exact) mass is 452 g/mol. The van der Waals surface area contributed by atoms with Gasteiger partial charge in [0.2, 0.25) is 0 Å². The van der Waals surface area contributed by atoms with Crippen molar-refractivity contribution in [2.45, 2.75) is 5.60 Å². The van der Waals surface area contributed by atoms with E-state index in [-0.39, 0.29) is 22.4 Å². The van der Waals surface area contributed by atoms with Gasteiger partial charge in [0.1, 0.15) is 6.61 Å². The number of rotatable bonds is 7. The topological polar surface area (TPSA) is 70.9 Å². The maximum atomic E-state index is 13.0. The number of nitrogens with one attached hydrogen (secondary N) is 1. The molecule has 0 radical (unpaired) electrons. The third kappa shape index (κ3) is 5.07. The molecule has 1 amide bonds. The first kappa shape index (κ1) is 22.4. The highest BCUT2D eigenvalue weighted by Crippen LogP contribution is 2.34. The van der Waals surface area contributed by atoms with Crippen LogP contribution in [0.5, 0.6) is 5.75 Å². The van der Waals surface area contributed by atoms with Gasteiger partial charge in [0.05, 0.1) is 16.3 Å². The van der Waals surface area contributed by atoms with Crippen LogP contribution in [0.15, 0.2) is 77.9 Å². The number of nitrogens with zero attached hydrogens (tertiary/aromatic N) is 1. The molecule has 0 spiro atoms. The summed E-state index contributed by atoms with van der Waals surface area (Å²) < 4.78 is 5.31. The van der Waals surface area contributed by atoms with E-state index in [0.717, 1.165) is 0 Å². The summed E-state index contributed by atoms with van der Waals surface area (Å²) in [4.78, 5) is 13.0. The van der Waals surface area contributed by atoms with Gasteiger partial charge in [-0.3, -0.25) is 4.79 Å². The van der Waals surface area contributed by atoms with Gasteiger partial charge in [-0.1, -0.05) is 89.8 Å². The molecule has 0 atom stereocenters. The fourth-order valence-electron chi connectivity index (χ4n) is 2.94. The normalized spacial score (nSPS) is 11.2. The smallest absolute Gasteiger partial charge is 0.281 e. The molecular weight excluding hydrogens is 435 g/mol. The summed E-state index contributed by atoms with van der Waals surface area (Å²) in [5.41, 5.74) is 1.81. The molecule has 5 nitrogen and oxygen atoms in total. The predicted octanol–water partition coefficient (Wildman–Crippen LogP) is 4.39. The van der Waals surface area contributed by atoms with E-state index in [9.17, 15) is 9.90 Å². The van der Waals surface area contributed by atoms with E-state index in [0.29, 0.717) is 16.7 Å². The highest BCUT2D eigenvalue weighted by molar-refractivity contribution is 6.37. The van der Waals surface area contributed by atoms with Crippen molar-refractivity contribution in [3.05, 3.63) is 99.5 Å². The van der Waals surface area contributed by atoms with Crippen LogP contribution in [0.3, 0.4) is 0 Å². The summed E-state index contributed by atoms with van der Waals surface area (Å²) in [6.07, 6.45) is 6.53. The molecule has 0 unspecified atom stereocenters. The molecule has 3 aromatic rings. The number of halogens is 2. The van der Waals surface area contributed by atoms with Gasteiger partial charge in [-0.15, -0.1) is 6.42 Å². The van der Waals surface area contributed by atoms with Gasteiger partial charge in [-0.25, -0.2) is 5.43 Å². The lowest BCUT2D eigenvalue weighted by Gasteiger charge is -2.27. The lowest BCUT2D eigenvalue weighted by atomic mass is 9.85. The second-order valence-electron chi connectivity index (χ2n) is 6.45. The molecule has 0 bridgehead atoms. The van der Waals surface area contributed by atoms with Crippen LogP contribution in [0.25, 0.3) is 0 Å². The zero-order valence-electron chi connectivity index (χ0n) is 16.3. The SMILES string of the molecule is C#CCOc1c(Cl)cc(/C=N/NC(=O)C(O)(c2ccccc2)c2ccccc2)cc1Cl. The zero-order valence-corrected chi connectivity index (χ0v) is 17.8. The largest absolute Gasteiger partial charge is 0.478 e. The van der Waals surface area contributed by atoms with E-state index in [4.69, 9.17) is 34.4 Å². The molecule has 0 aliphatic carbocycles. The zero-order chi connectivity index (χ0) is 22.3. The number of hydrogen-bond acceptors (Lipinski definition) is 4. The van der Waals surface area contributed by atoms with Gasteiger partial charge >= 0.3 is 0 Å². The molecule has 3 aromatic carbocycles. The second kappa shape index (κ2) is 10.1. The van der Waals surface area contributed by atoms with Gasteiger partial charge in [-0.05, 0) is 28.8 Å². The minimum atomic E-state index is -1.93. The number of terminal acetylenes is 1. The van der Waals surface area contributed by atoms with E-state index in [1.165, 1.54) is 6.21 Å². The minimum Gasteiger partial charge on any atom is -0.478 e. The molecule has 3 rings (SSSR count). The van der Waals surface area contributed by atoms with E-state index in [1.54, 1.807) is 72.8 Å². The predicted molar refractivity (Wildman–Crippen MR) is 122 cm³/mol. The molecule has 0 aromatic heterocycles. The Morgan fingerprint density at radius 1 is 1.06 bits per heavy atom. The molecule has 0 aliphatic heterocycles. The van der Waals surface area contributed by atoms with Crippen molar-refractivity contribution in [3.63, 3.8) is 0 Å². The first-order chi connectivity index (χ1) is 15.0. The number of hydrazone groups is 1. The van der Waals surface area contributed by atoms with Crippen molar-refractivity contribution in [1.82, 2.24) is 5.43 Å². The fourth-order valence-corrected chi connectivity index (χ4v) is 3.55. The van der Waals surface area contributed by atoms with Crippen molar-refractivity contribution in [2.24, 2.45) is 5.10 Å². The Bertz CT molecular complexity index is 1060. The molecule has 0 saturated carbocycles. The lowest BCUT2D eigenvalue weighted by molar-refractivity contribution is -0.136. The van der Waals surface area contributed by atoms with Gasteiger partial charge < -0.3 is 9.84 Å². The molecule has 2 N–H and O–H groups in total. The summed E-state index contributed by atoms with van der Waals surface area (Å²) in [5.74, 6) is 1.89. The third-order valence-corrected chi connectivity index (χ3v) is 4.97. The number of ether oxygens (including phenoxy) is 1. The van der Waals surface area contributed by atoms with Crippen LogP contribution < -0.4 is 10.2 Å². The van der Waals surface area contributed by atoms with E-state index < -0.39 is 11.5 Å². The van der Waals surface area contributed by atoms with Gasteiger partial charge in [0.25, 0.3) is 5.91 Å². The molecule has 0 fully saturated rings. The van der Waals surface area contributed by atoms with Crippen LogP contribution in [0.1, 0.15) is 16.7 Å². The van der Waals surface area contributed by atoms with Crippen molar-refractivity contribution < 1.29 is 14.6 Å². The Morgan fingerprint density at radius 2 is 1.58 bits per heavy atom. The van der Waals surface area contributed by atoms with E-state index >= 15 is 0 Å². The highest BCUT2D eigenvalue weighted by atomic mass is 35.5. The van der Waals surface area contributed by atoms with Gasteiger partial charge in [0, 0.05) is 0 Å². The Morgan fingerprint density at radius 3 is 2.06 bits per heavy atom. The van der Waals surface area contributed by atoms with Crippen LogP contribution in [-0.2, 0) is 10.4 Å². The lowest BCUT2D eigenvalue weighted by Crippen LogP contribution is -2.43. The first-order valence-electron chi connectivity index (χ1n) is 9.19. The van der Waals surface area contributed by atoms with E-state index in [1.807, 2.05) is 0 Å². The van der Waals surface area contributed by atoms with Crippen LogP contribution >= 0.6 is 23.2 Å². The molecule has 0 saturated heterocycles. The number of benzene rings is 3. The molecule has 7 heteroatoms. The van der Waals surface area contributed by atoms with Gasteiger partial charge in [0.15, 0.2) is 11.4 Å². The summed E-state index contributed by atoms with van der Waals surface area (Å²) >= 11 is 12.4. The van der Waals surface area contributed by atoms with E-state index in [2.05, 4.69) is 16.4 Å². The van der Waals surface area contributed by atoms with Gasteiger partial charge in [-0.2, -0.15) is 5.10 Å². The third-order valence-electron chi connectivity index (χ3n) is 4.41. The summed E-state index contributed by atoms with van der Waals surface area (Å²) in [7, 11) is 0. The number of carbonyl (C=O) groups excluding carboxylic acids is 1. The van der Waals surface area contributed by atoms with Crippen molar-refractivity contribution in [2.75, 3.05) is 6.61 Å². The maximum Gasteiger partial charge on any atom is 0.281 e. The molecule has 31 heavy (non-hydrogen) atoms. The van der Waals surface area contributed by atoms with Crippen LogP contribution in [0.4, 0.5) is 0 Å². The Hall–Kier alpha value is -3.30. The quantitative estimate of drug-likeness (QED) is 0.317. The number of hydrogen-bond donors (Lipinski definition) is 2. The van der Waals surface area contributed by atoms with Crippen molar-refractivity contribution in [3.8, 4) is 18.1 Å². The number of amides is 1. The van der Waals surface area contributed by atoms with Crippen LogP contribution in [-0.4, -0.2) is 23.8 Å². The molecule has 0 heterocycles. The summed E-state index contributed by atoms with van der Waals surface area (Å²) in [6, 6.07) is 20.4. The molecular formula is C24H18Cl2N2O3. The summed E-state index contributed by atoms with van der Waals surface area (Å²) in [6.45, 7) is 0.0283.